The molecule has 0 radical (unpaired) electrons. The molecule has 0 saturated heterocycles. The molecular formula is C38H71NO6. The molecule has 0 fully saturated rings. The van der Waals surface area contributed by atoms with Gasteiger partial charge in [0.15, 0.2) is 0 Å². The van der Waals surface area contributed by atoms with Gasteiger partial charge >= 0.3 is 11.9 Å². The summed E-state index contributed by atoms with van der Waals surface area (Å²) in [5, 5.41) is 22.4. The van der Waals surface area contributed by atoms with Crippen LogP contribution in [-0.2, 0) is 19.1 Å². The van der Waals surface area contributed by atoms with Crippen LogP contribution in [0.4, 0.5) is 0 Å². The molecule has 0 aliphatic rings. The van der Waals surface area contributed by atoms with Crippen molar-refractivity contribution < 1.29 is 29.3 Å². The first-order chi connectivity index (χ1) is 21.9. The minimum atomic E-state index is -1.07. The van der Waals surface area contributed by atoms with Crippen LogP contribution in [0.1, 0.15) is 194 Å². The maximum atomic E-state index is 12.6. The Bertz CT molecular complexity index is 725. The molecule has 0 unspecified atom stereocenters. The van der Waals surface area contributed by atoms with E-state index in [0.717, 1.165) is 38.5 Å². The molecule has 7 nitrogen and oxygen atoms in total. The number of aliphatic carboxylic acids is 1. The Kier molecular flexibility index (Phi) is 32.1. The molecule has 2 atom stereocenters. The van der Waals surface area contributed by atoms with Crippen molar-refractivity contribution in [1.82, 2.24) is 5.32 Å². The fraction of sp³-hybridized carbons (Fsp3) is 0.868. The third-order valence-electron chi connectivity index (χ3n) is 8.54. The highest BCUT2D eigenvalue weighted by molar-refractivity contribution is 5.77. The molecule has 0 aliphatic carbocycles. The Balaban J connectivity index is 4.27. The maximum Gasteiger partial charge on any atom is 0.306 e. The first kappa shape index (κ1) is 43.1. The van der Waals surface area contributed by atoms with Crippen molar-refractivity contribution in [1.29, 1.82) is 0 Å². The Labute approximate surface area is 276 Å². The van der Waals surface area contributed by atoms with E-state index in [1.54, 1.807) is 6.08 Å². The number of nitrogens with one attached hydrogen (secondary N) is 1. The molecule has 0 saturated carbocycles. The second-order valence-corrected chi connectivity index (χ2v) is 13.0. The summed E-state index contributed by atoms with van der Waals surface area (Å²) in [5.74, 6) is -1.88. The van der Waals surface area contributed by atoms with Gasteiger partial charge in [-0.25, -0.2) is 0 Å². The number of hydrogen-bond donors (Lipinski definition) is 3. The minimum absolute atomic E-state index is 0.164. The third-order valence-corrected chi connectivity index (χ3v) is 8.54. The standard InChI is InChI=1S/C38H71NO6/c1-3-5-7-9-11-13-15-17-19-21-23-25-27-29-35(40)34(33-45-38(44)32-31-37(42)43)39-36(41)30-28-26-24-22-20-18-16-14-12-10-8-6-4-2/h27,29,34-35,40H,3-26,28,30-33H2,1-2H3,(H,39,41)(H,42,43)/b29-27+/t34-,35+/m0/s1. The van der Waals surface area contributed by atoms with Crippen LogP contribution in [0, 0.1) is 0 Å². The molecule has 0 aromatic carbocycles. The zero-order valence-electron chi connectivity index (χ0n) is 29.3. The van der Waals surface area contributed by atoms with E-state index in [-0.39, 0.29) is 25.4 Å². The summed E-state index contributed by atoms with van der Waals surface area (Å²) in [6.07, 6.45) is 33.5. The van der Waals surface area contributed by atoms with Gasteiger partial charge in [0.1, 0.15) is 6.61 Å². The van der Waals surface area contributed by atoms with E-state index in [9.17, 15) is 19.5 Å². The topological polar surface area (TPSA) is 113 Å². The predicted molar refractivity (Wildman–Crippen MR) is 186 cm³/mol. The lowest BCUT2D eigenvalue weighted by Gasteiger charge is -2.22. The molecule has 7 heteroatoms. The van der Waals surface area contributed by atoms with E-state index in [4.69, 9.17) is 9.84 Å². The van der Waals surface area contributed by atoms with Gasteiger partial charge in [0.2, 0.25) is 5.91 Å². The monoisotopic (exact) mass is 638 g/mol. The summed E-state index contributed by atoms with van der Waals surface area (Å²) in [6, 6.07) is -0.762. The molecule has 0 heterocycles. The van der Waals surface area contributed by atoms with Crippen LogP contribution in [0.5, 0.6) is 0 Å². The molecule has 0 spiro atoms. The number of amides is 1. The van der Waals surface area contributed by atoms with Crippen LogP contribution >= 0.6 is 0 Å². The van der Waals surface area contributed by atoms with Crippen molar-refractivity contribution >= 4 is 17.8 Å². The zero-order valence-corrected chi connectivity index (χ0v) is 29.3. The number of allylic oxidation sites excluding steroid dienone is 1. The molecule has 0 rings (SSSR count). The van der Waals surface area contributed by atoms with E-state index in [1.807, 2.05) is 6.08 Å². The molecule has 1 amide bonds. The summed E-state index contributed by atoms with van der Waals surface area (Å²) in [6.45, 7) is 4.31. The molecular weight excluding hydrogens is 566 g/mol. The van der Waals surface area contributed by atoms with Crippen molar-refractivity contribution in [2.24, 2.45) is 0 Å². The highest BCUT2D eigenvalue weighted by Gasteiger charge is 2.21. The first-order valence-corrected chi connectivity index (χ1v) is 18.9. The number of rotatable bonds is 34. The van der Waals surface area contributed by atoms with Crippen LogP contribution in [0.2, 0.25) is 0 Å². The lowest BCUT2D eigenvalue weighted by molar-refractivity contribution is -0.149. The van der Waals surface area contributed by atoms with Gasteiger partial charge in [-0.2, -0.15) is 0 Å². The lowest BCUT2D eigenvalue weighted by atomic mass is 10.0. The van der Waals surface area contributed by atoms with Crippen LogP contribution in [0.3, 0.4) is 0 Å². The maximum absolute atomic E-state index is 12.6. The second-order valence-electron chi connectivity index (χ2n) is 13.0. The number of hydrogen-bond acceptors (Lipinski definition) is 5. The number of ether oxygens (including phenoxy) is 1. The van der Waals surface area contributed by atoms with E-state index < -0.39 is 24.1 Å². The third kappa shape index (κ3) is 31.9. The average Bonchev–Trinajstić information content (AvgIpc) is 3.02. The first-order valence-electron chi connectivity index (χ1n) is 18.9. The molecule has 0 bridgehead atoms. The fourth-order valence-corrected chi connectivity index (χ4v) is 5.57. The van der Waals surface area contributed by atoms with Gasteiger partial charge < -0.3 is 20.3 Å². The number of esters is 1. The number of carbonyl (C=O) groups is 3. The Morgan fingerprint density at radius 3 is 1.47 bits per heavy atom. The van der Waals surface area contributed by atoms with Gasteiger partial charge in [-0.1, -0.05) is 167 Å². The highest BCUT2D eigenvalue weighted by atomic mass is 16.5. The number of carboxylic acid groups (broad SMARTS) is 1. The predicted octanol–water partition coefficient (Wildman–Crippen LogP) is 9.98. The van der Waals surface area contributed by atoms with Crippen LogP contribution < -0.4 is 5.32 Å². The molecule has 45 heavy (non-hydrogen) atoms. The van der Waals surface area contributed by atoms with E-state index in [1.165, 1.54) is 122 Å². The van der Waals surface area contributed by atoms with Crippen LogP contribution in [-0.4, -0.2) is 46.8 Å². The summed E-state index contributed by atoms with van der Waals surface area (Å²) in [4.78, 5) is 35.4. The Morgan fingerprint density at radius 1 is 0.600 bits per heavy atom. The van der Waals surface area contributed by atoms with Gasteiger partial charge in [0, 0.05) is 6.42 Å². The van der Waals surface area contributed by atoms with Crippen molar-refractivity contribution in [3.63, 3.8) is 0 Å². The molecule has 3 N–H and O–H groups in total. The molecule has 0 aliphatic heterocycles. The number of aliphatic hydroxyl groups excluding tert-OH is 1. The van der Waals surface area contributed by atoms with Crippen LogP contribution in [0.15, 0.2) is 12.2 Å². The zero-order chi connectivity index (χ0) is 33.2. The lowest BCUT2D eigenvalue weighted by Crippen LogP contribution is -2.46. The van der Waals surface area contributed by atoms with Gasteiger partial charge in [-0.3, -0.25) is 14.4 Å². The SMILES string of the molecule is CCCCCCCCCCCCC/C=C/[C@@H](O)[C@H](COC(=O)CCC(=O)O)NC(=O)CCCCCCCCCCCCCCC. The van der Waals surface area contributed by atoms with Crippen molar-refractivity contribution in [2.75, 3.05) is 6.61 Å². The number of aliphatic hydroxyl groups is 1. The number of carboxylic acids is 1. The quantitative estimate of drug-likeness (QED) is 0.0368. The summed E-state index contributed by atoms with van der Waals surface area (Å²) in [5.41, 5.74) is 0. The van der Waals surface area contributed by atoms with Gasteiger partial charge in [0.05, 0.1) is 25.0 Å². The molecule has 0 aromatic heterocycles. The Morgan fingerprint density at radius 2 is 1.02 bits per heavy atom. The second kappa shape index (κ2) is 33.5. The van der Waals surface area contributed by atoms with E-state index in [0.29, 0.717) is 6.42 Å². The normalized spacial score (nSPS) is 12.8. The summed E-state index contributed by atoms with van der Waals surface area (Å²) < 4.78 is 5.21. The van der Waals surface area contributed by atoms with Gasteiger partial charge in [-0.15, -0.1) is 0 Å². The molecule has 264 valence electrons. The highest BCUT2D eigenvalue weighted by Crippen LogP contribution is 2.14. The number of unbranched alkanes of at least 4 members (excludes halogenated alkanes) is 23. The fourth-order valence-electron chi connectivity index (χ4n) is 5.57. The van der Waals surface area contributed by atoms with E-state index in [2.05, 4.69) is 19.2 Å². The summed E-state index contributed by atoms with van der Waals surface area (Å²) in [7, 11) is 0. The van der Waals surface area contributed by atoms with Crippen LogP contribution in [0.25, 0.3) is 0 Å². The van der Waals surface area contributed by atoms with Crippen molar-refractivity contribution in [3.8, 4) is 0 Å². The van der Waals surface area contributed by atoms with Gasteiger partial charge in [-0.05, 0) is 19.3 Å². The Hall–Kier alpha value is -1.89. The average molecular weight is 638 g/mol. The minimum Gasteiger partial charge on any atom is -0.481 e. The van der Waals surface area contributed by atoms with Gasteiger partial charge in [0.25, 0.3) is 0 Å². The number of carbonyl (C=O) groups excluding carboxylic acids is 2. The molecule has 0 aromatic rings. The van der Waals surface area contributed by atoms with E-state index >= 15 is 0 Å². The van der Waals surface area contributed by atoms with Crippen molar-refractivity contribution in [3.05, 3.63) is 12.2 Å². The summed E-state index contributed by atoms with van der Waals surface area (Å²) >= 11 is 0. The van der Waals surface area contributed by atoms with Crippen molar-refractivity contribution in [2.45, 2.75) is 206 Å². The smallest absolute Gasteiger partial charge is 0.306 e. The largest absolute Gasteiger partial charge is 0.481 e.